The van der Waals surface area contributed by atoms with Crippen LogP contribution < -0.4 is 5.32 Å². The lowest BCUT2D eigenvalue weighted by molar-refractivity contribution is -0.142. The van der Waals surface area contributed by atoms with Crippen LogP contribution >= 0.6 is 0 Å². The number of carbonyl (C=O) groups excluding carboxylic acids is 1. The molecular weight excluding hydrogens is 288 g/mol. The zero-order chi connectivity index (χ0) is 15.5. The fourth-order valence-corrected chi connectivity index (χ4v) is 3.11. The summed E-state index contributed by atoms with van der Waals surface area (Å²) in [7, 11) is -1.72. The highest BCUT2D eigenvalue weighted by Gasteiger charge is 2.38. The Bertz CT molecular complexity index is 477. The van der Waals surface area contributed by atoms with Gasteiger partial charge in [-0.05, 0) is 6.92 Å². The number of hydrogen-bond donors (Lipinski definition) is 2. The predicted octanol–water partition coefficient (Wildman–Crippen LogP) is -0.839. The fraction of sp³-hybridized carbons (Fsp3) is 0.818. The number of hydrogen-bond acceptors (Lipinski definition) is 5. The highest BCUT2D eigenvalue weighted by molar-refractivity contribution is 7.90. The van der Waals surface area contributed by atoms with Gasteiger partial charge in [-0.3, -0.25) is 4.79 Å². The first-order valence-electron chi connectivity index (χ1n) is 6.13. The summed E-state index contributed by atoms with van der Waals surface area (Å²) in [5, 5.41) is 11.6. The maximum absolute atomic E-state index is 12.0. The van der Waals surface area contributed by atoms with E-state index in [4.69, 9.17) is 9.84 Å². The van der Waals surface area contributed by atoms with Crippen molar-refractivity contribution in [3.05, 3.63) is 0 Å². The highest BCUT2D eigenvalue weighted by atomic mass is 32.2. The lowest BCUT2D eigenvalue weighted by Gasteiger charge is -2.27. The first kappa shape index (κ1) is 16.7. The number of urea groups is 1. The van der Waals surface area contributed by atoms with Crippen molar-refractivity contribution in [1.29, 1.82) is 0 Å². The van der Waals surface area contributed by atoms with Crippen molar-refractivity contribution < 1.29 is 27.9 Å². The molecule has 0 bridgehead atoms. The summed E-state index contributed by atoms with van der Waals surface area (Å²) in [6, 6.07) is -1.62. The summed E-state index contributed by atoms with van der Waals surface area (Å²) >= 11 is 0. The van der Waals surface area contributed by atoms with Gasteiger partial charge < -0.3 is 20.1 Å². The third-order valence-corrected chi connectivity index (χ3v) is 4.21. The topological polar surface area (TPSA) is 113 Å². The zero-order valence-electron chi connectivity index (χ0n) is 11.7. The molecule has 1 fully saturated rings. The van der Waals surface area contributed by atoms with E-state index >= 15 is 0 Å². The van der Waals surface area contributed by atoms with E-state index in [1.807, 2.05) is 0 Å². The standard InChI is InChI=1S/C11H20N2O6S/c1-7(6-20(3,17)18)12-11(16)13(2)9-5-19-4-8(9)10(14)15/h7-9H,4-6H2,1-3H3,(H,12,16)(H,14,15). The van der Waals surface area contributed by atoms with E-state index in [0.717, 1.165) is 6.26 Å². The van der Waals surface area contributed by atoms with Crippen LogP contribution in [0.4, 0.5) is 4.79 Å². The van der Waals surface area contributed by atoms with Gasteiger partial charge in [0, 0.05) is 19.3 Å². The molecule has 2 N–H and O–H groups in total. The van der Waals surface area contributed by atoms with Crippen LogP contribution in [0.1, 0.15) is 6.92 Å². The number of ether oxygens (including phenoxy) is 1. The first-order valence-corrected chi connectivity index (χ1v) is 8.19. The third-order valence-electron chi connectivity index (χ3n) is 3.11. The Hall–Kier alpha value is -1.35. The molecule has 0 aliphatic carbocycles. The molecule has 2 amide bonds. The van der Waals surface area contributed by atoms with E-state index in [2.05, 4.69) is 5.32 Å². The summed E-state index contributed by atoms with van der Waals surface area (Å²) in [5.41, 5.74) is 0. The molecule has 0 aromatic carbocycles. The van der Waals surface area contributed by atoms with Crippen molar-refractivity contribution in [3.8, 4) is 0 Å². The molecule has 0 radical (unpaired) electrons. The van der Waals surface area contributed by atoms with Crippen LogP contribution in [-0.4, -0.2) is 74.8 Å². The quantitative estimate of drug-likeness (QED) is 0.685. The average Bonchev–Trinajstić information content (AvgIpc) is 2.73. The molecule has 1 aliphatic heterocycles. The molecule has 0 aromatic heterocycles. The second-order valence-electron chi connectivity index (χ2n) is 5.10. The number of carboxylic acid groups (broad SMARTS) is 1. The maximum atomic E-state index is 12.0. The minimum Gasteiger partial charge on any atom is -0.481 e. The van der Waals surface area contributed by atoms with Crippen LogP contribution in [0, 0.1) is 5.92 Å². The summed E-state index contributed by atoms with van der Waals surface area (Å²) in [6.45, 7) is 1.80. The number of likely N-dealkylation sites (N-methyl/N-ethyl adjacent to an activating group) is 1. The third kappa shape index (κ3) is 4.64. The minimum atomic E-state index is -3.19. The molecule has 1 aliphatic rings. The van der Waals surface area contributed by atoms with E-state index in [9.17, 15) is 18.0 Å². The molecule has 0 saturated carbocycles. The monoisotopic (exact) mass is 308 g/mol. The zero-order valence-corrected chi connectivity index (χ0v) is 12.5. The molecule has 1 rings (SSSR count). The Labute approximate surface area is 118 Å². The number of carboxylic acids is 1. The van der Waals surface area contributed by atoms with Gasteiger partial charge in [0.05, 0.1) is 25.0 Å². The summed E-state index contributed by atoms with van der Waals surface area (Å²) < 4.78 is 27.3. The van der Waals surface area contributed by atoms with Gasteiger partial charge in [0.1, 0.15) is 15.8 Å². The van der Waals surface area contributed by atoms with E-state index in [1.165, 1.54) is 11.9 Å². The molecule has 116 valence electrons. The molecule has 3 atom stereocenters. The van der Waals surface area contributed by atoms with Crippen molar-refractivity contribution in [3.63, 3.8) is 0 Å². The highest BCUT2D eigenvalue weighted by Crippen LogP contribution is 2.19. The van der Waals surface area contributed by atoms with Gasteiger partial charge in [-0.15, -0.1) is 0 Å². The molecule has 8 nitrogen and oxygen atoms in total. The average molecular weight is 308 g/mol. The summed E-state index contributed by atoms with van der Waals surface area (Å²) in [4.78, 5) is 24.3. The first-order chi connectivity index (χ1) is 9.11. The van der Waals surface area contributed by atoms with E-state index in [1.54, 1.807) is 6.92 Å². The Morgan fingerprint density at radius 1 is 1.45 bits per heavy atom. The van der Waals surface area contributed by atoms with Gasteiger partial charge in [0.2, 0.25) is 0 Å². The van der Waals surface area contributed by atoms with Gasteiger partial charge in [0.15, 0.2) is 0 Å². The fourth-order valence-electron chi connectivity index (χ4n) is 2.12. The lowest BCUT2D eigenvalue weighted by atomic mass is 10.0. The lowest BCUT2D eigenvalue weighted by Crippen LogP contribution is -2.51. The number of sulfone groups is 1. The molecule has 1 heterocycles. The van der Waals surface area contributed by atoms with Gasteiger partial charge in [-0.2, -0.15) is 0 Å². The number of aliphatic carboxylic acids is 1. The largest absolute Gasteiger partial charge is 0.481 e. The van der Waals surface area contributed by atoms with Gasteiger partial charge >= 0.3 is 12.0 Å². The van der Waals surface area contributed by atoms with Gasteiger partial charge in [0.25, 0.3) is 0 Å². The maximum Gasteiger partial charge on any atom is 0.317 e. The second kappa shape index (κ2) is 6.40. The molecular formula is C11H20N2O6S. The molecule has 3 unspecified atom stereocenters. The molecule has 0 aromatic rings. The molecule has 9 heteroatoms. The molecule has 1 saturated heterocycles. The SMILES string of the molecule is CC(CS(C)(=O)=O)NC(=O)N(C)C1COCC1C(=O)O. The van der Waals surface area contributed by atoms with Crippen molar-refractivity contribution in [2.24, 2.45) is 5.92 Å². The van der Waals surface area contributed by atoms with Crippen molar-refractivity contribution in [1.82, 2.24) is 10.2 Å². The number of nitrogens with zero attached hydrogens (tertiary/aromatic N) is 1. The minimum absolute atomic E-state index is 0.0660. The Kier molecular flexibility index (Phi) is 5.35. The number of amides is 2. The van der Waals surface area contributed by atoms with E-state index in [0.29, 0.717) is 0 Å². The number of nitrogens with one attached hydrogen (secondary N) is 1. The van der Waals surface area contributed by atoms with Crippen LogP contribution in [0.3, 0.4) is 0 Å². The Morgan fingerprint density at radius 2 is 2.05 bits per heavy atom. The molecule has 20 heavy (non-hydrogen) atoms. The summed E-state index contributed by atoms with van der Waals surface area (Å²) in [5.74, 6) is -1.96. The predicted molar refractivity (Wildman–Crippen MR) is 71.2 cm³/mol. The van der Waals surface area contributed by atoms with Crippen LogP contribution in [0.25, 0.3) is 0 Å². The second-order valence-corrected chi connectivity index (χ2v) is 7.29. The van der Waals surface area contributed by atoms with Crippen molar-refractivity contribution in [2.75, 3.05) is 32.3 Å². The van der Waals surface area contributed by atoms with Crippen LogP contribution in [-0.2, 0) is 19.4 Å². The van der Waals surface area contributed by atoms with Crippen molar-refractivity contribution in [2.45, 2.75) is 19.0 Å². The van der Waals surface area contributed by atoms with Crippen LogP contribution in [0.15, 0.2) is 0 Å². The van der Waals surface area contributed by atoms with Gasteiger partial charge in [-0.1, -0.05) is 0 Å². The number of rotatable bonds is 5. The number of carbonyl (C=O) groups is 2. The smallest absolute Gasteiger partial charge is 0.317 e. The van der Waals surface area contributed by atoms with Crippen LogP contribution in [0.2, 0.25) is 0 Å². The Morgan fingerprint density at radius 3 is 2.55 bits per heavy atom. The Balaban J connectivity index is 2.61. The summed E-state index contributed by atoms with van der Waals surface area (Å²) in [6.07, 6.45) is 1.09. The van der Waals surface area contributed by atoms with E-state index in [-0.39, 0.29) is 19.0 Å². The van der Waals surface area contributed by atoms with E-state index < -0.39 is 39.8 Å². The molecule has 0 spiro atoms. The van der Waals surface area contributed by atoms with Crippen molar-refractivity contribution >= 4 is 21.8 Å². The normalized spacial score (nSPS) is 24.1. The van der Waals surface area contributed by atoms with Crippen LogP contribution in [0.5, 0.6) is 0 Å². The van der Waals surface area contributed by atoms with Gasteiger partial charge in [-0.25, -0.2) is 13.2 Å².